The summed E-state index contributed by atoms with van der Waals surface area (Å²) in [4.78, 5) is 16.1. The van der Waals surface area contributed by atoms with E-state index in [9.17, 15) is 4.79 Å². The first-order chi connectivity index (χ1) is 10.3. The highest BCUT2D eigenvalue weighted by Gasteiger charge is 2.10. The van der Waals surface area contributed by atoms with Crippen LogP contribution >= 0.6 is 0 Å². The molecule has 1 aromatic carbocycles. The minimum atomic E-state index is -0.373. The average Bonchev–Trinajstić information content (AvgIpc) is 2.99. The zero-order valence-corrected chi connectivity index (χ0v) is 11.8. The van der Waals surface area contributed by atoms with Crippen LogP contribution in [0.4, 0.5) is 0 Å². The van der Waals surface area contributed by atoms with Crippen LogP contribution in [0.25, 0.3) is 11.8 Å². The van der Waals surface area contributed by atoms with Crippen LogP contribution in [0.5, 0.6) is 0 Å². The molecular weight excluding hydrogens is 264 g/mol. The molecule has 5 heteroatoms. The summed E-state index contributed by atoms with van der Waals surface area (Å²) < 4.78 is 1.82. The van der Waals surface area contributed by atoms with E-state index in [4.69, 9.17) is 5.26 Å². The molecule has 2 rings (SSSR count). The maximum Gasteiger partial charge on any atom is 0.262 e. The first kappa shape index (κ1) is 14.5. The molecule has 0 bridgehead atoms. The van der Waals surface area contributed by atoms with Crippen LogP contribution < -0.4 is 5.32 Å². The Morgan fingerprint density at radius 1 is 1.43 bits per heavy atom. The van der Waals surface area contributed by atoms with Crippen molar-refractivity contribution >= 4 is 12.0 Å². The molecule has 0 spiro atoms. The largest absolute Gasteiger partial charge is 0.351 e. The smallest absolute Gasteiger partial charge is 0.262 e. The van der Waals surface area contributed by atoms with Crippen LogP contribution in [-0.2, 0) is 4.79 Å². The summed E-state index contributed by atoms with van der Waals surface area (Å²) in [6.45, 7) is 2.50. The predicted octanol–water partition coefficient (Wildman–Crippen LogP) is 2.31. The van der Waals surface area contributed by atoms with E-state index in [1.165, 1.54) is 6.08 Å². The van der Waals surface area contributed by atoms with E-state index in [1.807, 2.05) is 47.9 Å². The number of aromatic nitrogens is 2. The van der Waals surface area contributed by atoms with Gasteiger partial charge in [0.25, 0.3) is 5.91 Å². The van der Waals surface area contributed by atoms with Gasteiger partial charge in [-0.25, -0.2) is 4.98 Å². The fourth-order valence-electron chi connectivity index (χ4n) is 1.84. The number of hydrogen-bond acceptors (Lipinski definition) is 3. The Morgan fingerprint density at radius 3 is 2.86 bits per heavy atom. The minimum absolute atomic E-state index is 0.0480. The van der Waals surface area contributed by atoms with Gasteiger partial charge in [-0.3, -0.25) is 4.79 Å². The molecule has 1 N–H and O–H groups in total. The van der Waals surface area contributed by atoms with Crippen LogP contribution in [0.15, 0.2) is 48.3 Å². The SMILES string of the molecule is CCCNC(=O)/C(C#N)=C/c1nccn1-c1ccccc1. The number of para-hydroxylation sites is 1. The Balaban J connectivity index is 2.31. The van der Waals surface area contributed by atoms with Crippen molar-refractivity contribution in [2.45, 2.75) is 13.3 Å². The first-order valence-electron chi connectivity index (χ1n) is 6.75. The number of carbonyl (C=O) groups excluding carboxylic acids is 1. The number of nitriles is 1. The number of imidazole rings is 1. The lowest BCUT2D eigenvalue weighted by Crippen LogP contribution is -2.25. The van der Waals surface area contributed by atoms with E-state index >= 15 is 0 Å². The topological polar surface area (TPSA) is 70.7 Å². The number of benzene rings is 1. The normalized spacial score (nSPS) is 11.0. The molecule has 1 heterocycles. The zero-order chi connectivity index (χ0) is 15.1. The molecule has 0 fully saturated rings. The molecule has 1 aromatic heterocycles. The third-order valence-electron chi connectivity index (χ3n) is 2.88. The lowest BCUT2D eigenvalue weighted by molar-refractivity contribution is -0.117. The Hall–Kier alpha value is -2.87. The number of nitrogens with zero attached hydrogens (tertiary/aromatic N) is 3. The summed E-state index contributed by atoms with van der Waals surface area (Å²) in [5, 5.41) is 11.8. The number of amides is 1. The fourth-order valence-corrected chi connectivity index (χ4v) is 1.84. The zero-order valence-electron chi connectivity index (χ0n) is 11.8. The summed E-state index contributed by atoms with van der Waals surface area (Å²) in [6, 6.07) is 11.6. The van der Waals surface area contributed by atoms with Crippen LogP contribution in [0.1, 0.15) is 19.2 Å². The van der Waals surface area contributed by atoms with Gasteiger partial charge in [0.05, 0.1) is 0 Å². The molecule has 0 atom stereocenters. The quantitative estimate of drug-likeness (QED) is 0.675. The van der Waals surface area contributed by atoms with E-state index in [2.05, 4.69) is 10.3 Å². The van der Waals surface area contributed by atoms with Crippen molar-refractivity contribution < 1.29 is 4.79 Å². The second kappa shape index (κ2) is 7.06. The number of rotatable bonds is 5. The standard InChI is InChI=1S/C16H16N4O/c1-2-8-19-16(21)13(12-17)11-15-18-9-10-20(15)14-6-4-3-5-7-14/h3-7,9-11H,2,8H2,1H3,(H,19,21)/b13-11+. The minimum Gasteiger partial charge on any atom is -0.351 e. The summed E-state index contributed by atoms with van der Waals surface area (Å²) in [5.41, 5.74) is 0.972. The van der Waals surface area contributed by atoms with Crippen LogP contribution in [0.3, 0.4) is 0 Å². The number of hydrogen-bond donors (Lipinski definition) is 1. The van der Waals surface area contributed by atoms with E-state index < -0.39 is 0 Å². The van der Waals surface area contributed by atoms with Crippen molar-refractivity contribution in [1.29, 1.82) is 5.26 Å². The van der Waals surface area contributed by atoms with Crippen molar-refractivity contribution in [3.63, 3.8) is 0 Å². The summed E-state index contributed by atoms with van der Waals surface area (Å²) >= 11 is 0. The molecule has 0 aliphatic heterocycles. The van der Waals surface area contributed by atoms with Crippen LogP contribution in [0.2, 0.25) is 0 Å². The molecule has 1 amide bonds. The van der Waals surface area contributed by atoms with E-state index in [0.717, 1.165) is 12.1 Å². The van der Waals surface area contributed by atoms with Crippen molar-refractivity contribution in [2.24, 2.45) is 0 Å². The molecular formula is C16H16N4O. The van der Waals surface area contributed by atoms with Crippen LogP contribution in [-0.4, -0.2) is 22.0 Å². The van der Waals surface area contributed by atoms with Crippen molar-refractivity contribution in [1.82, 2.24) is 14.9 Å². The third kappa shape index (κ3) is 3.57. The van der Waals surface area contributed by atoms with Gasteiger partial charge in [0.1, 0.15) is 17.5 Å². The Morgan fingerprint density at radius 2 is 2.19 bits per heavy atom. The Kier molecular flexibility index (Phi) is 4.89. The maximum absolute atomic E-state index is 11.9. The fraction of sp³-hybridized carbons (Fsp3) is 0.188. The Labute approximate surface area is 123 Å². The van der Waals surface area contributed by atoms with Gasteiger partial charge in [0.15, 0.2) is 0 Å². The highest BCUT2D eigenvalue weighted by atomic mass is 16.1. The van der Waals surface area contributed by atoms with Crippen LogP contribution in [0, 0.1) is 11.3 Å². The lowest BCUT2D eigenvalue weighted by Gasteiger charge is -2.05. The molecule has 106 valence electrons. The molecule has 2 aromatic rings. The molecule has 0 aliphatic rings. The molecule has 0 radical (unpaired) electrons. The third-order valence-corrected chi connectivity index (χ3v) is 2.88. The lowest BCUT2D eigenvalue weighted by atomic mass is 10.2. The molecule has 21 heavy (non-hydrogen) atoms. The Bertz CT molecular complexity index is 680. The number of nitrogens with one attached hydrogen (secondary N) is 1. The van der Waals surface area contributed by atoms with Gasteiger partial charge < -0.3 is 9.88 Å². The monoisotopic (exact) mass is 280 g/mol. The van der Waals surface area contributed by atoms with Crippen molar-refractivity contribution in [3.8, 4) is 11.8 Å². The molecule has 5 nitrogen and oxygen atoms in total. The van der Waals surface area contributed by atoms with Gasteiger partial charge in [-0.2, -0.15) is 5.26 Å². The van der Waals surface area contributed by atoms with Gasteiger partial charge in [-0.15, -0.1) is 0 Å². The van der Waals surface area contributed by atoms with Crippen molar-refractivity contribution in [3.05, 3.63) is 54.1 Å². The second-order valence-corrected chi connectivity index (χ2v) is 4.42. The van der Waals surface area contributed by atoms with Gasteiger partial charge in [-0.05, 0) is 18.6 Å². The highest BCUT2D eigenvalue weighted by molar-refractivity contribution is 6.01. The van der Waals surface area contributed by atoms with Gasteiger partial charge in [0, 0.05) is 30.7 Å². The van der Waals surface area contributed by atoms with Gasteiger partial charge in [0.2, 0.25) is 0 Å². The first-order valence-corrected chi connectivity index (χ1v) is 6.75. The van der Waals surface area contributed by atoms with Gasteiger partial charge >= 0.3 is 0 Å². The molecule has 0 saturated heterocycles. The maximum atomic E-state index is 11.9. The summed E-state index contributed by atoms with van der Waals surface area (Å²) in [7, 11) is 0. The summed E-state index contributed by atoms with van der Waals surface area (Å²) in [6.07, 6.45) is 5.75. The molecule has 0 saturated carbocycles. The summed E-state index contributed by atoms with van der Waals surface area (Å²) in [5.74, 6) is 0.173. The molecule has 0 aliphatic carbocycles. The number of carbonyl (C=O) groups is 1. The average molecular weight is 280 g/mol. The second-order valence-electron chi connectivity index (χ2n) is 4.42. The predicted molar refractivity (Wildman–Crippen MR) is 80.5 cm³/mol. The van der Waals surface area contributed by atoms with E-state index in [-0.39, 0.29) is 11.5 Å². The highest BCUT2D eigenvalue weighted by Crippen LogP contribution is 2.12. The molecule has 0 unspecified atom stereocenters. The van der Waals surface area contributed by atoms with E-state index in [1.54, 1.807) is 12.4 Å². The van der Waals surface area contributed by atoms with Gasteiger partial charge in [-0.1, -0.05) is 25.1 Å². The van der Waals surface area contributed by atoms with E-state index in [0.29, 0.717) is 12.4 Å². The van der Waals surface area contributed by atoms with Crippen molar-refractivity contribution in [2.75, 3.05) is 6.54 Å².